The fourth-order valence-corrected chi connectivity index (χ4v) is 2.41. The number of rotatable bonds is 5. The molecule has 0 aromatic carbocycles. The predicted octanol–water partition coefficient (Wildman–Crippen LogP) is 2.08. The van der Waals surface area contributed by atoms with Crippen molar-refractivity contribution in [2.75, 3.05) is 13.1 Å². The lowest BCUT2D eigenvalue weighted by Gasteiger charge is -2.32. The highest BCUT2D eigenvalue weighted by Gasteiger charge is 2.31. The number of nitrogens with two attached hydrogens (primary N) is 1. The molecule has 0 spiro atoms. The second-order valence-corrected chi connectivity index (χ2v) is 4.89. The molecule has 0 fully saturated rings. The van der Waals surface area contributed by atoms with Crippen molar-refractivity contribution in [1.29, 1.82) is 0 Å². The zero-order chi connectivity index (χ0) is 11.4. The van der Waals surface area contributed by atoms with Crippen LogP contribution in [0.1, 0.15) is 40.5 Å². The van der Waals surface area contributed by atoms with Crippen molar-refractivity contribution in [3.8, 4) is 0 Å². The van der Waals surface area contributed by atoms with E-state index in [1.807, 2.05) is 0 Å². The maximum atomic E-state index is 5.94. The summed E-state index contributed by atoms with van der Waals surface area (Å²) in [5, 5.41) is 0. The van der Waals surface area contributed by atoms with Gasteiger partial charge in [-0.25, -0.2) is 0 Å². The largest absolute Gasteiger partial charge is 0.370 e. The molecule has 1 unspecified atom stereocenters. The highest BCUT2D eigenvalue weighted by molar-refractivity contribution is 5.80. The molecule has 0 saturated heterocycles. The predicted molar refractivity (Wildman–Crippen MR) is 65.9 cm³/mol. The molecule has 3 nitrogen and oxygen atoms in total. The third-order valence-corrected chi connectivity index (χ3v) is 3.29. The Kier molecular flexibility index (Phi) is 4.43. The first-order valence-electron chi connectivity index (χ1n) is 6.16. The van der Waals surface area contributed by atoms with Crippen LogP contribution in [0, 0.1) is 11.8 Å². The third kappa shape index (κ3) is 2.86. The zero-order valence-corrected chi connectivity index (χ0v) is 10.5. The lowest BCUT2D eigenvalue weighted by Crippen LogP contribution is -2.46. The normalized spacial score (nSPS) is 21.6. The van der Waals surface area contributed by atoms with Gasteiger partial charge in [0.25, 0.3) is 0 Å². The van der Waals surface area contributed by atoms with E-state index in [9.17, 15) is 0 Å². The molecule has 15 heavy (non-hydrogen) atoms. The SMILES string of the molecule is CCC(CC)C1CN=C(N)N1CC(C)C. The van der Waals surface area contributed by atoms with Crippen LogP contribution in [0.25, 0.3) is 0 Å². The third-order valence-electron chi connectivity index (χ3n) is 3.29. The molecule has 0 aromatic rings. The van der Waals surface area contributed by atoms with Gasteiger partial charge in [0.1, 0.15) is 0 Å². The minimum absolute atomic E-state index is 0.544. The van der Waals surface area contributed by atoms with Crippen molar-refractivity contribution < 1.29 is 0 Å². The summed E-state index contributed by atoms with van der Waals surface area (Å²) in [5.74, 6) is 2.13. The number of aliphatic imine (C=N–C) groups is 1. The van der Waals surface area contributed by atoms with Gasteiger partial charge in [0.2, 0.25) is 0 Å². The van der Waals surface area contributed by atoms with E-state index in [1.165, 1.54) is 12.8 Å². The molecule has 1 aliphatic heterocycles. The van der Waals surface area contributed by atoms with Crippen molar-refractivity contribution in [2.24, 2.45) is 22.6 Å². The van der Waals surface area contributed by atoms with E-state index in [4.69, 9.17) is 5.73 Å². The minimum Gasteiger partial charge on any atom is -0.370 e. The molecule has 0 radical (unpaired) electrons. The van der Waals surface area contributed by atoms with Gasteiger partial charge in [0.05, 0.1) is 12.6 Å². The van der Waals surface area contributed by atoms with Gasteiger partial charge in [-0.05, 0) is 11.8 Å². The van der Waals surface area contributed by atoms with Crippen LogP contribution in [0.15, 0.2) is 4.99 Å². The Bertz CT molecular complexity index is 219. The Hall–Kier alpha value is -0.730. The van der Waals surface area contributed by atoms with E-state index in [0.29, 0.717) is 12.0 Å². The van der Waals surface area contributed by atoms with Crippen molar-refractivity contribution in [1.82, 2.24) is 4.90 Å². The minimum atomic E-state index is 0.544. The Morgan fingerprint density at radius 3 is 2.47 bits per heavy atom. The van der Waals surface area contributed by atoms with Crippen LogP contribution in [-0.2, 0) is 0 Å². The van der Waals surface area contributed by atoms with E-state index in [2.05, 4.69) is 37.6 Å². The van der Waals surface area contributed by atoms with Gasteiger partial charge in [0.15, 0.2) is 5.96 Å². The van der Waals surface area contributed by atoms with Gasteiger partial charge < -0.3 is 10.6 Å². The molecule has 0 aromatic heterocycles. The Balaban J connectivity index is 2.65. The fraction of sp³-hybridized carbons (Fsp3) is 0.917. The molecule has 0 aliphatic carbocycles. The molecular formula is C12H25N3. The second kappa shape index (κ2) is 5.38. The lowest BCUT2D eigenvalue weighted by molar-refractivity contribution is 0.221. The molecule has 1 aliphatic rings. The molecule has 1 heterocycles. The van der Waals surface area contributed by atoms with Gasteiger partial charge in [0, 0.05) is 6.54 Å². The van der Waals surface area contributed by atoms with E-state index >= 15 is 0 Å². The average Bonchev–Trinajstić information content (AvgIpc) is 2.51. The lowest BCUT2D eigenvalue weighted by atomic mass is 9.93. The topological polar surface area (TPSA) is 41.6 Å². The molecule has 1 atom stereocenters. The Labute approximate surface area is 93.7 Å². The average molecular weight is 211 g/mol. The quantitative estimate of drug-likeness (QED) is 0.756. The summed E-state index contributed by atoms with van der Waals surface area (Å²) in [7, 11) is 0. The summed E-state index contributed by atoms with van der Waals surface area (Å²) < 4.78 is 0. The molecule has 2 N–H and O–H groups in total. The van der Waals surface area contributed by atoms with Gasteiger partial charge in [-0.2, -0.15) is 0 Å². The molecule has 0 bridgehead atoms. The number of hydrogen-bond donors (Lipinski definition) is 1. The number of guanidine groups is 1. The van der Waals surface area contributed by atoms with Crippen LogP contribution in [0.3, 0.4) is 0 Å². The fourth-order valence-electron chi connectivity index (χ4n) is 2.41. The highest BCUT2D eigenvalue weighted by atomic mass is 15.3. The maximum Gasteiger partial charge on any atom is 0.191 e. The molecule has 1 rings (SSSR count). The van der Waals surface area contributed by atoms with Gasteiger partial charge >= 0.3 is 0 Å². The van der Waals surface area contributed by atoms with E-state index in [0.717, 1.165) is 25.0 Å². The van der Waals surface area contributed by atoms with E-state index in [1.54, 1.807) is 0 Å². The van der Waals surface area contributed by atoms with E-state index < -0.39 is 0 Å². The first-order chi connectivity index (χ1) is 7.10. The molecule has 3 heteroatoms. The summed E-state index contributed by atoms with van der Waals surface area (Å²) in [6.45, 7) is 10.9. The Morgan fingerprint density at radius 2 is 2.00 bits per heavy atom. The maximum absolute atomic E-state index is 5.94. The summed E-state index contributed by atoms with van der Waals surface area (Å²) >= 11 is 0. The summed E-state index contributed by atoms with van der Waals surface area (Å²) in [5.41, 5.74) is 5.94. The van der Waals surface area contributed by atoms with Crippen molar-refractivity contribution in [3.63, 3.8) is 0 Å². The van der Waals surface area contributed by atoms with Crippen LogP contribution in [0.2, 0.25) is 0 Å². The van der Waals surface area contributed by atoms with Crippen LogP contribution in [0.4, 0.5) is 0 Å². The molecular weight excluding hydrogens is 186 g/mol. The first kappa shape index (κ1) is 12.3. The van der Waals surface area contributed by atoms with Crippen LogP contribution in [-0.4, -0.2) is 30.0 Å². The standard InChI is InChI=1S/C12H25N3/c1-5-10(6-2)11-7-14-12(13)15(11)8-9(3)4/h9-11H,5-8H2,1-4H3,(H2,13,14). The highest BCUT2D eigenvalue weighted by Crippen LogP contribution is 2.23. The number of hydrogen-bond acceptors (Lipinski definition) is 3. The van der Waals surface area contributed by atoms with E-state index in [-0.39, 0.29) is 0 Å². The summed E-state index contributed by atoms with van der Waals surface area (Å²) in [4.78, 5) is 6.70. The van der Waals surface area contributed by atoms with Gasteiger partial charge in [-0.15, -0.1) is 0 Å². The van der Waals surface area contributed by atoms with Crippen LogP contribution in [0.5, 0.6) is 0 Å². The second-order valence-electron chi connectivity index (χ2n) is 4.89. The Morgan fingerprint density at radius 1 is 1.40 bits per heavy atom. The van der Waals surface area contributed by atoms with Crippen LogP contribution < -0.4 is 5.73 Å². The zero-order valence-electron chi connectivity index (χ0n) is 10.5. The van der Waals surface area contributed by atoms with Crippen molar-refractivity contribution in [2.45, 2.75) is 46.6 Å². The molecule has 0 saturated carbocycles. The first-order valence-corrected chi connectivity index (χ1v) is 6.16. The van der Waals surface area contributed by atoms with Crippen LogP contribution >= 0.6 is 0 Å². The van der Waals surface area contributed by atoms with Gasteiger partial charge in [-0.3, -0.25) is 4.99 Å². The smallest absolute Gasteiger partial charge is 0.191 e. The molecule has 0 amide bonds. The summed E-state index contributed by atoms with van der Waals surface area (Å²) in [6, 6.07) is 0.544. The monoisotopic (exact) mass is 211 g/mol. The molecule has 88 valence electrons. The van der Waals surface area contributed by atoms with Crippen molar-refractivity contribution in [3.05, 3.63) is 0 Å². The van der Waals surface area contributed by atoms with Crippen molar-refractivity contribution >= 4 is 5.96 Å². The number of nitrogens with zero attached hydrogens (tertiary/aromatic N) is 2. The summed E-state index contributed by atoms with van der Waals surface area (Å²) in [6.07, 6.45) is 2.44. The van der Waals surface area contributed by atoms with Gasteiger partial charge in [-0.1, -0.05) is 40.5 Å².